The van der Waals surface area contributed by atoms with Gasteiger partial charge in [-0.25, -0.2) is 0 Å². The maximum Gasteiger partial charge on any atom is 0.101 e. The van der Waals surface area contributed by atoms with Crippen molar-refractivity contribution in [3.8, 4) is 6.07 Å². The highest BCUT2D eigenvalue weighted by molar-refractivity contribution is 5.58. The lowest BCUT2D eigenvalue weighted by Crippen LogP contribution is -2.08. The van der Waals surface area contributed by atoms with E-state index in [0.29, 0.717) is 5.56 Å². The van der Waals surface area contributed by atoms with E-state index < -0.39 is 0 Å². The number of nitrogens with one attached hydrogen (secondary N) is 1. The van der Waals surface area contributed by atoms with Crippen LogP contribution in [0.2, 0.25) is 0 Å². The first-order chi connectivity index (χ1) is 8.79. The summed E-state index contributed by atoms with van der Waals surface area (Å²) < 4.78 is 1.91. The maximum atomic E-state index is 9.01. The number of anilines is 1. The minimum atomic E-state index is 0.694. The largest absolute Gasteiger partial charge is 0.384 e. The van der Waals surface area contributed by atoms with E-state index >= 15 is 0 Å². The summed E-state index contributed by atoms with van der Waals surface area (Å²) in [6.45, 7) is 3.74. The zero-order chi connectivity index (χ0) is 12.8. The Balaban J connectivity index is 1.86. The molecule has 0 amide bonds. The number of hydrogen-bond acceptors (Lipinski definition) is 3. The number of hydrogen-bond donors (Lipinski definition) is 1. The number of nitriles is 1. The molecule has 0 spiro atoms. The third kappa shape index (κ3) is 3.11. The standard InChI is InChI=1S/C14H16N4/c1-12-4-5-13(11-15)14(10-12)16-6-2-8-18-9-3-7-17-18/h3-5,7,9-10,16H,2,6,8H2,1H3. The molecule has 0 bridgehead atoms. The van der Waals surface area contributed by atoms with Gasteiger partial charge in [0, 0.05) is 25.5 Å². The predicted molar refractivity (Wildman–Crippen MR) is 71.2 cm³/mol. The summed E-state index contributed by atoms with van der Waals surface area (Å²) in [4.78, 5) is 0. The van der Waals surface area contributed by atoms with Crippen LogP contribution in [0.5, 0.6) is 0 Å². The lowest BCUT2D eigenvalue weighted by atomic mass is 10.1. The Hall–Kier alpha value is -2.28. The van der Waals surface area contributed by atoms with Crippen LogP contribution in [-0.2, 0) is 6.54 Å². The molecule has 0 radical (unpaired) electrons. The lowest BCUT2D eigenvalue weighted by molar-refractivity contribution is 0.592. The molecule has 0 fully saturated rings. The van der Waals surface area contributed by atoms with Gasteiger partial charge in [0.05, 0.1) is 11.3 Å². The van der Waals surface area contributed by atoms with Crippen molar-refractivity contribution in [3.63, 3.8) is 0 Å². The van der Waals surface area contributed by atoms with Crippen LogP contribution in [0.3, 0.4) is 0 Å². The molecule has 0 saturated heterocycles. The summed E-state index contributed by atoms with van der Waals surface area (Å²) in [6, 6.07) is 9.93. The van der Waals surface area contributed by atoms with Crippen LogP contribution in [0.25, 0.3) is 0 Å². The van der Waals surface area contributed by atoms with E-state index in [2.05, 4.69) is 16.5 Å². The van der Waals surface area contributed by atoms with Crippen molar-refractivity contribution in [2.75, 3.05) is 11.9 Å². The molecule has 1 aromatic carbocycles. The molecule has 0 aliphatic carbocycles. The Morgan fingerprint density at radius 2 is 2.33 bits per heavy atom. The van der Waals surface area contributed by atoms with Crippen LogP contribution in [0.4, 0.5) is 5.69 Å². The molecule has 1 N–H and O–H groups in total. The molecule has 0 aliphatic rings. The maximum absolute atomic E-state index is 9.01. The average molecular weight is 240 g/mol. The Labute approximate surface area is 107 Å². The van der Waals surface area contributed by atoms with Gasteiger partial charge in [-0.05, 0) is 37.1 Å². The third-order valence-electron chi connectivity index (χ3n) is 2.73. The topological polar surface area (TPSA) is 53.6 Å². The minimum absolute atomic E-state index is 0.694. The summed E-state index contributed by atoms with van der Waals surface area (Å²) in [7, 11) is 0. The smallest absolute Gasteiger partial charge is 0.101 e. The van der Waals surface area contributed by atoms with Crippen molar-refractivity contribution in [1.29, 1.82) is 5.26 Å². The molecule has 1 aromatic heterocycles. The highest BCUT2D eigenvalue weighted by Crippen LogP contribution is 2.16. The second-order valence-corrected chi connectivity index (χ2v) is 4.21. The van der Waals surface area contributed by atoms with Gasteiger partial charge in [0.2, 0.25) is 0 Å². The van der Waals surface area contributed by atoms with Crippen molar-refractivity contribution in [2.24, 2.45) is 0 Å². The summed E-state index contributed by atoms with van der Waals surface area (Å²) in [5.41, 5.74) is 2.77. The second-order valence-electron chi connectivity index (χ2n) is 4.21. The Kier molecular flexibility index (Phi) is 3.98. The van der Waals surface area contributed by atoms with E-state index in [4.69, 9.17) is 5.26 Å². The third-order valence-corrected chi connectivity index (χ3v) is 2.73. The summed E-state index contributed by atoms with van der Waals surface area (Å²) >= 11 is 0. The molecule has 92 valence electrons. The van der Waals surface area contributed by atoms with Crippen molar-refractivity contribution >= 4 is 5.69 Å². The number of benzene rings is 1. The zero-order valence-corrected chi connectivity index (χ0v) is 10.4. The Bertz CT molecular complexity index is 537. The lowest BCUT2D eigenvalue weighted by Gasteiger charge is -2.09. The van der Waals surface area contributed by atoms with E-state index in [-0.39, 0.29) is 0 Å². The van der Waals surface area contributed by atoms with Gasteiger partial charge in [0.15, 0.2) is 0 Å². The predicted octanol–water partition coefficient (Wildman–Crippen LogP) is 2.57. The van der Waals surface area contributed by atoms with E-state index in [9.17, 15) is 0 Å². The molecule has 18 heavy (non-hydrogen) atoms. The van der Waals surface area contributed by atoms with Gasteiger partial charge >= 0.3 is 0 Å². The van der Waals surface area contributed by atoms with Crippen LogP contribution >= 0.6 is 0 Å². The first-order valence-electron chi connectivity index (χ1n) is 6.01. The van der Waals surface area contributed by atoms with Gasteiger partial charge in [0.25, 0.3) is 0 Å². The number of aryl methyl sites for hydroxylation is 2. The molecule has 2 aromatic rings. The number of rotatable bonds is 5. The molecule has 0 aliphatic heterocycles. The van der Waals surface area contributed by atoms with Gasteiger partial charge in [0.1, 0.15) is 6.07 Å². The summed E-state index contributed by atoms with van der Waals surface area (Å²) in [5.74, 6) is 0. The minimum Gasteiger partial charge on any atom is -0.384 e. The van der Waals surface area contributed by atoms with Crippen LogP contribution < -0.4 is 5.32 Å². The van der Waals surface area contributed by atoms with Crippen molar-refractivity contribution < 1.29 is 0 Å². The molecule has 4 heteroatoms. The SMILES string of the molecule is Cc1ccc(C#N)c(NCCCn2cccn2)c1. The van der Waals surface area contributed by atoms with Crippen LogP contribution in [-0.4, -0.2) is 16.3 Å². The molecule has 4 nitrogen and oxygen atoms in total. The second kappa shape index (κ2) is 5.87. The van der Waals surface area contributed by atoms with Crippen molar-refractivity contribution in [2.45, 2.75) is 19.9 Å². The molecule has 2 rings (SSSR count). The van der Waals surface area contributed by atoms with Crippen LogP contribution in [0, 0.1) is 18.3 Å². The van der Waals surface area contributed by atoms with Gasteiger partial charge in [-0.15, -0.1) is 0 Å². The average Bonchev–Trinajstić information content (AvgIpc) is 2.88. The van der Waals surface area contributed by atoms with Gasteiger partial charge in [-0.1, -0.05) is 6.07 Å². The van der Waals surface area contributed by atoms with E-state index in [1.54, 1.807) is 6.20 Å². The van der Waals surface area contributed by atoms with Crippen LogP contribution in [0.1, 0.15) is 17.5 Å². The first kappa shape index (κ1) is 12.2. The molecular weight excluding hydrogens is 224 g/mol. The van der Waals surface area contributed by atoms with Crippen molar-refractivity contribution in [1.82, 2.24) is 9.78 Å². The van der Waals surface area contributed by atoms with E-state index in [1.165, 1.54) is 0 Å². The van der Waals surface area contributed by atoms with Gasteiger partial charge in [-0.2, -0.15) is 10.4 Å². The van der Waals surface area contributed by atoms with Crippen LogP contribution in [0.15, 0.2) is 36.7 Å². The molecular formula is C14H16N4. The summed E-state index contributed by atoms with van der Waals surface area (Å²) in [6.07, 6.45) is 4.70. The Morgan fingerprint density at radius 3 is 3.06 bits per heavy atom. The highest BCUT2D eigenvalue weighted by atomic mass is 15.3. The zero-order valence-electron chi connectivity index (χ0n) is 10.4. The molecule has 0 saturated carbocycles. The quantitative estimate of drug-likeness (QED) is 0.817. The highest BCUT2D eigenvalue weighted by Gasteiger charge is 2.01. The normalized spacial score (nSPS) is 10.0. The van der Waals surface area contributed by atoms with Gasteiger partial charge in [-0.3, -0.25) is 4.68 Å². The van der Waals surface area contributed by atoms with Crippen molar-refractivity contribution in [3.05, 3.63) is 47.8 Å². The molecule has 1 heterocycles. The fourth-order valence-corrected chi connectivity index (χ4v) is 1.80. The molecule has 0 atom stereocenters. The fourth-order valence-electron chi connectivity index (χ4n) is 1.80. The fraction of sp³-hybridized carbons (Fsp3) is 0.286. The summed E-state index contributed by atoms with van der Waals surface area (Å²) in [5, 5.41) is 16.5. The Morgan fingerprint density at radius 1 is 1.44 bits per heavy atom. The monoisotopic (exact) mass is 240 g/mol. The first-order valence-corrected chi connectivity index (χ1v) is 6.01. The number of aromatic nitrogens is 2. The van der Waals surface area contributed by atoms with E-state index in [0.717, 1.165) is 30.8 Å². The van der Waals surface area contributed by atoms with Gasteiger partial charge < -0.3 is 5.32 Å². The van der Waals surface area contributed by atoms with E-state index in [1.807, 2.05) is 42.1 Å². The molecule has 0 unspecified atom stereocenters. The number of nitrogens with zero attached hydrogens (tertiary/aromatic N) is 3.